The summed E-state index contributed by atoms with van der Waals surface area (Å²) in [5.41, 5.74) is 2.44. The lowest BCUT2D eigenvalue weighted by Crippen LogP contribution is -2.00. The topological polar surface area (TPSA) is 46.5 Å². The summed E-state index contributed by atoms with van der Waals surface area (Å²) in [5.74, 6) is 4.60. The molecule has 0 heterocycles. The summed E-state index contributed by atoms with van der Waals surface area (Å²) in [4.78, 5) is 11.0. The van der Waals surface area contributed by atoms with Gasteiger partial charge < -0.3 is 9.84 Å². The van der Waals surface area contributed by atoms with E-state index in [2.05, 4.69) is 11.8 Å². The third kappa shape index (κ3) is 3.11. The first-order valence-electron chi connectivity index (χ1n) is 5.07. The number of esters is 1. The van der Waals surface area contributed by atoms with E-state index in [-0.39, 0.29) is 6.61 Å². The Hall–Kier alpha value is -1.79. The highest BCUT2D eigenvalue weighted by molar-refractivity contribution is 5.89. The molecule has 16 heavy (non-hydrogen) atoms. The van der Waals surface area contributed by atoms with E-state index >= 15 is 0 Å². The van der Waals surface area contributed by atoms with Crippen LogP contribution in [0.1, 0.15) is 23.6 Å². The van der Waals surface area contributed by atoms with Gasteiger partial charge in [0.2, 0.25) is 0 Å². The fourth-order valence-electron chi connectivity index (χ4n) is 1.28. The minimum absolute atomic E-state index is 0.0270. The van der Waals surface area contributed by atoms with Crippen LogP contribution in [0.15, 0.2) is 18.2 Å². The fourth-order valence-corrected chi connectivity index (χ4v) is 1.28. The van der Waals surface area contributed by atoms with E-state index in [4.69, 9.17) is 9.84 Å². The first-order chi connectivity index (χ1) is 7.69. The molecule has 0 aliphatic rings. The van der Waals surface area contributed by atoms with Crippen molar-refractivity contribution in [1.29, 1.82) is 0 Å². The van der Waals surface area contributed by atoms with Crippen molar-refractivity contribution in [2.45, 2.75) is 20.5 Å². The third-order valence-electron chi connectivity index (χ3n) is 2.19. The summed E-state index contributed by atoms with van der Waals surface area (Å²) < 4.78 is 4.70. The van der Waals surface area contributed by atoms with Crippen molar-refractivity contribution in [3.8, 4) is 11.8 Å². The van der Waals surface area contributed by atoms with Crippen molar-refractivity contribution < 1.29 is 14.6 Å². The zero-order valence-electron chi connectivity index (χ0n) is 9.41. The van der Waals surface area contributed by atoms with Crippen molar-refractivity contribution in [1.82, 2.24) is 0 Å². The van der Waals surface area contributed by atoms with Gasteiger partial charge in [0, 0.05) is 11.5 Å². The van der Waals surface area contributed by atoms with Crippen molar-refractivity contribution in [3.63, 3.8) is 0 Å². The fraction of sp³-hybridized carbons (Fsp3) is 0.308. The molecule has 0 fully saturated rings. The van der Waals surface area contributed by atoms with Gasteiger partial charge >= 0.3 is 5.97 Å². The van der Waals surface area contributed by atoms with Gasteiger partial charge in [-0.2, -0.15) is 0 Å². The smallest absolute Gasteiger partial charge is 0.384 e. The largest absolute Gasteiger partial charge is 0.456 e. The molecule has 0 unspecified atom stereocenters. The number of hydrogen-bond acceptors (Lipinski definition) is 3. The molecule has 0 amide bonds. The lowest BCUT2D eigenvalue weighted by atomic mass is 10.0. The predicted molar refractivity (Wildman–Crippen MR) is 60.6 cm³/mol. The molecule has 0 spiro atoms. The van der Waals surface area contributed by atoms with Crippen LogP contribution in [0.3, 0.4) is 0 Å². The first-order valence-corrected chi connectivity index (χ1v) is 5.07. The van der Waals surface area contributed by atoms with Gasteiger partial charge in [-0.3, -0.25) is 0 Å². The van der Waals surface area contributed by atoms with Crippen molar-refractivity contribution in [2.75, 3.05) is 6.61 Å². The summed E-state index contributed by atoms with van der Waals surface area (Å²) in [6.45, 7) is 3.89. The Morgan fingerprint density at radius 2 is 2.25 bits per heavy atom. The van der Waals surface area contributed by atoms with E-state index in [1.165, 1.54) is 0 Å². The van der Waals surface area contributed by atoms with Crippen LogP contribution >= 0.6 is 0 Å². The molecule has 0 saturated heterocycles. The van der Waals surface area contributed by atoms with Gasteiger partial charge in [-0.25, -0.2) is 4.79 Å². The molecule has 3 heteroatoms. The van der Waals surface area contributed by atoms with Gasteiger partial charge in [0.25, 0.3) is 0 Å². The molecule has 1 rings (SSSR count). The van der Waals surface area contributed by atoms with Crippen molar-refractivity contribution in [3.05, 3.63) is 34.9 Å². The van der Waals surface area contributed by atoms with Crippen LogP contribution in [-0.4, -0.2) is 17.7 Å². The highest BCUT2D eigenvalue weighted by atomic mass is 16.5. The average molecular weight is 218 g/mol. The molecule has 0 bridgehead atoms. The Morgan fingerprint density at radius 3 is 2.88 bits per heavy atom. The van der Waals surface area contributed by atoms with Gasteiger partial charge in [-0.05, 0) is 31.0 Å². The molecule has 1 aromatic rings. The van der Waals surface area contributed by atoms with Crippen LogP contribution in [0.4, 0.5) is 0 Å². The summed E-state index contributed by atoms with van der Waals surface area (Å²) in [6, 6.07) is 5.43. The van der Waals surface area contributed by atoms with Gasteiger partial charge in [-0.1, -0.05) is 18.1 Å². The maximum atomic E-state index is 11.0. The summed E-state index contributed by atoms with van der Waals surface area (Å²) >= 11 is 0. The second-order valence-corrected chi connectivity index (χ2v) is 3.22. The monoisotopic (exact) mass is 218 g/mol. The zero-order valence-corrected chi connectivity index (χ0v) is 9.41. The third-order valence-corrected chi connectivity index (χ3v) is 2.19. The number of carbonyl (C=O) groups excluding carboxylic acids is 1. The Labute approximate surface area is 95.1 Å². The second-order valence-electron chi connectivity index (χ2n) is 3.22. The number of carbonyl (C=O) groups is 1. The van der Waals surface area contributed by atoms with E-state index in [0.29, 0.717) is 6.61 Å². The van der Waals surface area contributed by atoms with E-state index in [1.807, 2.05) is 13.0 Å². The number of rotatable bonds is 2. The molecule has 0 aliphatic carbocycles. The molecular formula is C13H14O3. The van der Waals surface area contributed by atoms with Crippen LogP contribution in [-0.2, 0) is 16.1 Å². The number of ether oxygens (including phenoxy) is 1. The number of hydrogen-bond donors (Lipinski definition) is 1. The normalized spacial score (nSPS) is 9.19. The molecular weight excluding hydrogens is 204 g/mol. The minimum atomic E-state index is -0.531. The Bertz CT molecular complexity index is 438. The second kappa shape index (κ2) is 5.94. The average Bonchev–Trinajstić information content (AvgIpc) is 2.28. The van der Waals surface area contributed by atoms with Crippen LogP contribution < -0.4 is 0 Å². The van der Waals surface area contributed by atoms with Crippen LogP contribution in [0.25, 0.3) is 0 Å². The molecule has 0 aliphatic heterocycles. The number of aliphatic hydroxyl groups is 1. The number of benzene rings is 1. The molecule has 3 nitrogen and oxygen atoms in total. The van der Waals surface area contributed by atoms with E-state index in [9.17, 15) is 4.79 Å². The van der Waals surface area contributed by atoms with E-state index < -0.39 is 5.97 Å². The van der Waals surface area contributed by atoms with Gasteiger partial charge in [0.15, 0.2) is 0 Å². The maximum Gasteiger partial charge on any atom is 0.384 e. The van der Waals surface area contributed by atoms with Gasteiger partial charge in [-0.15, -0.1) is 0 Å². The first kappa shape index (κ1) is 12.3. The van der Waals surface area contributed by atoms with E-state index in [1.54, 1.807) is 19.1 Å². The number of aliphatic hydroxyl groups excluding tert-OH is 1. The Kier molecular flexibility index (Phi) is 4.56. The molecule has 0 atom stereocenters. The Morgan fingerprint density at radius 1 is 1.50 bits per heavy atom. The van der Waals surface area contributed by atoms with Crippen molar-refractivity contribution in [2.24, 2.45) is 0 Å². The predicted octanol–water partition coefficient (Wildman–Crippen LogP) is 1.40. The molecule has 0 saturated carbocycles. The molecule has 84 valence electrons. The molecule has 1 aromatic carbocycles. The van der Waals surface area contributed by atoms with E-state index in [0.717, 1.165) is 16.7 Å². The van der Waals surface area contributed by atoms with Crippen LogP contribution in [0.5, 0.6) is 0 Å². The van der Waals surface area contributed by atoms with Crippen LogP contribution in [0.2, 0.25) is 0 Å². The molecule has 0 aromatic heterocycles. The quantitative estimate of drug-likeness (QED) is 0.603. The summed E-state index contributed by atoms with van der Waals surface area (Å²) in [7, 11) is 0. The zero-order chi connectivity index (χ0) is 12.0. The lowest BCUT2D eigenvalue weighted by Gasteiger charge is -2.03. The summed E-state index contributed by atoms with van der Waals surface area (Å²) in [6.07, 6.45) is 0. The molecule has 0 radical (unpaired) electrons. The van der Waals surface area contributed by atoms with Crippen LogP contribution in [0, 0.1) is 18.8 Å². The summed E-state index contributed by atoms with van der Waals surface area (Å²) in [5, 5.41) is 9.06. The van der Waals surface area contributed by atoms with Gasteiger partial charge in [0.05, 0.1) is 13.2 Å². The minimum Gasteiger partial charge on any atom is -0.456 e. The SMILES string of the molecule is CCOC(=O)C#Cc1cccc(CO)c1C. The molecule has 1 N–H and O–H groups in total. The highest BCUT2D eigenvalue weighted by Gasteiger charge is 2.00. The lowest BCUT2D eigenvalue weighted by molar-refractivity contribution is -0.136. The van der Waals surface area contributed by atoms with Crippen molar-refractivity contribution >= 4 is 5.97 Å². The Balaban J connectivity index is 2.93. The highest BCUT2D eigenvalue weighted by Crippen LogP contribution is 2.12. The standard InChI is InChI=1S/C13H14O3/c1-3-16-13(15)8-7-11-5-4-6-12(9-14)10(11)2/h4-6,14H,3,9H2,1-2H3. The van der Waals surface area contributed by atoms with Gasteiger partial charge in [0.1, 0.15) is 0 Å². The maximum absolute atomic E-state index is 11.0.